The summed E-state index contributed by atoms with van der Waals surface area (Å²) in [6.45, 7) is 4.67. The number of carbonyl (C=O) groups excluding carboxylic acids is 2. The van der Waals surface area contributed by atoms with Gasteiger partial charge in [-0.05, 0) is 80.9 Å². The largest absolute Gasteiger partial charge is 0.457 e. The maximum atomic E-state index is 14.2. The Balaban J connectivity index is 1.72. The Morgan fingerprint density at radius 3 is 1.93 bits per heavy atom. The fourth-order valence-corrected chi connectivity index (χ4v) is 6.41. The number of para-hydroxylation sites is 1. The smallest absolute Gasteiger partial charge is 0.264 e. The first-order chi connectivity index (χ1) is 21.5. The molecule has 0 spiro atoms. The third-order valence-electron chi connectivity index (χ3n) is 7.27. The second-order valence-electron chi connectivity index (χ2n) is 10.4. The Labute approximate surface area is 274 Å². The fraction of sp³-hybridized carbons (Fsp3) is 0.235. The number of amides is 2. The summed E-state index contributed by atoms with van der Waals surface area (Å²) in [6.07, 6.45) is 0.690. The highest BCUT2D eigenvalue weighted by Crippen LogP contribution is 2.30. The molecule has 2 amide bonds. The maximum absolute atomic E-state index is 14.2. The van der Waals surface area contributed by atoms with E-state index in [0.29, 0.717) is 33.5 Å². The molecule has 4 aromatic rings. The average Bonchev–Trinajstić information content (AvgIpc) is 3.04. The number of hydrogen-bond acceptors (Lipinski definition) is 5. The lowest BCUT2D eigenvalue weighted by Gasteiger charge is -2.33. The zero-order valence-electron chi connectivity index (χ0n) is 25.2. The van der Waals surface area contributed by atoms with Gasteiger partial charge in [-0.25, -0.2) is 8.42 Å². The molecule has 8 nitrogen and oxygen atoms in total. The first-order valence-electron chi connectivity index (χ1n) is 14.4. The van der Waals surface area contributed by atoms with Crippen molar-refractivity contribution in [3.05, 3.63) is 119 Å². The number of ether oxygens (including phenoxy) is 1. The van der Waals surface area contributed by atoms with E-state index >= 15 is 0 Å². The molecule has 0 unspecified atom stereocenters. The van der Waals surface area contributed by atoms with Crippen LogP contribution in [0.5, 0.6) is 11.5 Å². The van der Waals surface area contributed by atoms with Crippen molar-refractivity contribution in [3.8, 4) is 11.5 Å². The molecular formula is C34H35Cl2N3O5S. The summed E-state index contributed by atoms with van der Waals surface area (Å²) in [6, 6.07) is 27.3. The highest BCUT2D eigenvalue weighted by Gasteiger charge is 2.33. The molecule has 1 N–H and O–H groups in total. The van der Waals surface area contributed by atoms with Crippen molar-refractivity contribution >= 4 is 50.7 Å². The molecule has 0 radical (unpaired) electrons. The first kappa shape index (κ1) is 33.8. The second kappa shape index (κ2) is 15.3. The number of sulfonamides is 1. The quantitative estimate of drug-likeness (QED) is 0.161. The molecule has 0 aliphatic heterocycles. The second-order valence-corrected chi connectivity index (χ2v) is 13.1. The molecule has 0 fully saturated rings. The van der Waals surface area contributed by atoms with E-state index in [1.165, 1.54) is 17.0 Å². The first-order valence-corrected chi connectivity index (χ1v) is 16.6. The Hall–Kier alpha value is -4.05. The minimum atomic E-state index is -4.22. The molecule has 0 saturated heterocycles. The van der Waals surface area contributed by atoms with E-state index in [0.717, 1.165) is 4.31 Å². The van der Waals surface area contributed by atoms with Crippen LogP contribution in [0.15, 0.2) is 108 Å². The topological polar surface area (TPSA) is 96.0 Å². The highest BCUT2D eigenvalue weighted by molar-refractivity contribution is 7.92. The third-order valence-corrected chi connectivity index (χ3v) is 9.77. The molecule has 11 heteroatoms. The monoisotopic (exact) mass is 667 g/mol. The predicted molar refractivity (Wildman–Crippen MR) is 178 cm³/mol. The van der Waals surface area contributed by atoms with Crippen LogP contribution in [-0.4, -0.2) is 43.8 Å². The molecule has 45 heavy (non-hydrogen) atoms. The van der Waals surface area contributed by atoms with Gasteiger partial charge in [0.15, 0.2) is 0 Å². The van der Waals surface area contributed by atoms with E-state index in [4.69, 9.17) is 27.9 Å². The third kappa shape index (κ3) is 8.57. The number of halogens is 2. The minimum Gasteiger partial charge on any atom is -0.457 e. The summed E-state index contributed by atoms with van der Waals surface area (Å²) in [4.78, 5) is 28.7. The van der Waals surface area contributed by atoms with Gasteiger partial charge in [0.05, 0.1) is 10.6 Å². The molecule has 0 saturated carbocycles. The summed E-state index contributed by atoms with van der Waals surface area (Å²) in [7, 11) is -4.22. The molecule has 0 bridgehead atoms. The van der Waals surface area contributed by atoms with E-state index < -0.39 is 28.5 Å². The van der Waals surface area contributed by atoms with Gasteiger partial charge in [-0.15, -0.1) is 0 Å². The van der Waals surface area contributed by atoms with Crippen molar-refractivity contribution in [3.63, 3.8) is 0 Å². The number of anilines is 1. The molecule has 0 aliphatic carbocycles. The summed E-state index contributed by atoms with van der Waals surface area (Å²) in [5.74, 6) is 0.0917. The van der Waals surface area contributed by atoms with Crippen LogP contribution in [0, 0.1) is 0 Å². The molecule has 236 valence electrons. The predicted octanol–water partition coefficient (Wildman–Crippen LogP) is 7.31. The van der Waals surface area contributed by atoms with Gasteiger partial charge >= 0.3 is 0 Å². The fourth-order valence-electron chi connectivity index (χ4n) is 4.46. The van der Waals surface area contributed by atoms with Crippen LogP contribution in [0.25, 0.3) is 0 Å². The van der Waals surface area contributed by atoms with Crippen molar-refractivity contribution in [2.45, 2.75) is 50.7 Å². The molecular weight excluding hydrogens is 633 g/mol. The lowest BCUT2D eigenvalue weighted by atomic mass is 10.1. The number of nitrogens with one attached hydrogen (secondary N) is 1. The van der Waals surface area contributed by atoms with Crippen LogP contribution < -0.4 is 14.4 Å². The van der Waals surface area contributed by atoms with E-state index in [1.807, 2.05) is 32.0 Å². The van der Waals surface area contributed by atoms with E-state index in [9.17, 15) is 18.0 Å². The molecule has 0 aliphatic rings. The van der Waals surface area contributed by atoms with Crippen molar-refractivity contribution in [1.82, 2.24) is 10.2 Å². The van der Waals surface area contributed by atoms with Gasteiger partial charge in [0, 0.05) is 28.2 Å². The van der Waals surface area contributed by atoms with Gasteiger partial charge in [0.2, 0.25) is 11.8 Å². The zero-order chi connectivity index (χ0) is 32.6. The Bertz CT molecular complexity index is 1690. The average molecular weight is 669 g/mol. The van der Waals surface area contributed by atoms with E-state index in [-0.39, 0.29) is 29.1 Å². The molecule has 0 heterocycles. The molecule has 4 aromatic carbocycles. The van der Waals surface area contributed by atoms with Crippen molar-refractivity contribution in [2.24, 2.45) is 0 Å². The Morgan fingerprint density at radius 2 is 1.36 bits per heavy atom. The Kier molecular flexibility index (Phi) is 11.5. The Morgan fingerprint density at radius 1 is 0.800 bits per heavy atom. The highest BCUT2D eigenvalue weighted by atomic mass is 35.5. The lowest BCUT2D eigenvalue weighted by molar-refractivity contribution is -0.139. The number of carbonyl (C=O) groups is 2. The van der Waals surface area contributed by atoms with Crippen LogP contribution in [0.4, 0.5) is 5.69 Å². The molecule has 2 atom stereocenters. The number of rotatable bonds is 13. The number of nitrogens with zero attached hydrogens (tertiary/aromatic N) is 2. The molecule has 0 aromatic heterocycles. The van der Waals surface area contributed by atoms with Gasteiger partial charge in [0.1, 0.15) is 24.1 Å². The normalized spacial score (nSPS) is 12.6. The number of benzene rings is 4. The molecule has 4 rings (SSSR count). The standard InChI is InChI=1S/C34H35Cl2N3O5S/c1-4-24(2)37-34(41)25(3)38(22-30-31(35)16-11-17-32(30)36)33(40)23-39(45(42,43)29-14-9-6-10-15-29)26-18-20-28(21-19-26)44-27-12-7-5-8-13-27/h5-21,24-25H,4,22-23H2,1-3H3,(H,37,41)/t24-,25+/m0/s1. The van der Waals surface area contributed by atoms with Gasteiger partial charge in [-0.1, -0.05) is 72.6 Å². The summed E-state index contributed by atoms with van der Waals surface area (Å²) in [5, 5.41) is 3.54. The van der Waals surface area contributed by atoms with Crippen LogP contribution in [0.3, 0.4) is 0 Å². The van der Waals surface area contributed by atoms with Gasteiger partial charge in [-0.3, -0.25) is 13.9 Å². The zero-order valence-corrected chi connectivity index (χ0v) is 27.5. The summed E-state index contributed by atoms with van der Waals surface area (Å²) in [5.41, 5.74) is 0.678. The van der Waals surface area contributed by atoms with Crippen molar-refractivity contribution < 1.29 is 22.7 Å². The van der Waals surface area contributed by atoms with Crippen LogP contribution in [-0.2, 0) is 26.2 Å². The van der Waals surface area contributed by atoms with Crippen LogP contribution in [0.2, 0.25) is 10.0 Å². The maximum Gasteiger partial charge on any atom is 0.264 e. The van der Waals surface area contributed by atoms with Gasteiger partial charge in [0.25, 0.3) is 10.0 Å². The van der Waals surface area contributed by atoms with Crippen LogP contribution in [0.1, 0.15) is 32.8 Å². The van der Waals surface area contributed by atoms with Crippen molar-refractivity contribution in [1.29, 1.82) is 0 Å². The number of hydrogen-bond donors (Lipinski definition) is 1. The lowest BCUT2D eigenvalue weighted by Crippen LogP contribution is -2.52. The van der Waals surface area contributed by atoms with Crippen molar-refractivity contribution in [2.75, 3.05) is 10.8 Å². The summed E-state index contributed by atoms with van der Waals surface area (Å²) < 4.78 is 35.0. The SMILES string of the molecule is CC[C@H](C)NC(=O)[C@@H](C)N(Cc1c(Cl)cccc1Cl)C(=O)CN(c1ccc(Oc2ccccc2)cc1)S(=O)(=O)c1ccccc1. The van der Waals surface area contributed by atoms with Crippen LogP contribution >= 0.6 is 23.2 Å². The summed E-state index contributed by atoms with van der Waals surface area (Å²) >= 11 is 12.9. The van der Waals surface area contributed by atoms with E-state index in [1.54, 1.807) is 79.7 Å². The van der Waals surface area contributed by atoms with E-state index in [2.05, 4.69) is 5.32 Å². The minimum absolute atomic E-state index is 0.00525. The van der Waals surface area contributed by atoms with Gasteiger partial charge in [-0.2, -0.15) is 0 Å². The van der Waals surface area contributed by atoms with Gasteiger partial charge < -0.3 is 15.0 Å².